The van der Waals surface area contributed by atoms with Crippen LogP contribution in [-0.2, 0) is 9.53 Å². The summed E-state index contributed by atoms with van der Waals surface area (Å²) in [5.74, 6) is -0.284. The molecule has 3 atom stereocenters. The second-order valence-electron chi connectivity index (χ2n) is 8.24. The molecule has 0 aliphatic heterocycles. The Labute approximate surface area is 181 Å². The molecule has 1 saturated carbocycles. The molecule has 0 aromatic rings. The molecular weight excluding hydrogens is 380 g/mol. The minimum absolute atomic E-state index is 0.0647. The van der Waals surface area contributed by atoms with Gasteiger partial charge in [0.1, 0.15) is 6.10 Å². The predicted molar refractivity (Wildman–Crippen MR) is 121 cm³/mol. The lowest BCUT2D eigenvalue weighted by molar-refractivity contribution is -0.144. The highest BCUT2D eigenvalue weighted by molar-refractivity contribution is 5.82. The molecule has 0 aromatic heterocycles. The first-order valence-electron chi connectivity index (χ1n) is 10.8. The van der Waals surface area contributed by atoms with E-state index in [0.29, 0.717) is 0 Å². The van der Waals surface area contributed by atoms with Crippen LogP contribution in [0.4, 0.5) is 0 Å². The zero-order valence-electron chi connectivity index (χ0n) is 18.8. The topological polar surface area (TPSA) is 87.0 Å². The Kier molecular flexibility index (Phi) is 12.3. The number of aliphatic hydroxyl groups is 3. The van der Waals surface area contributed by atoms with E-state index in [2.05, 4.69) is 0 Å². The van der Waals surface area contributed by atoms with Gasteiger partial charge in [-0.25, -0.2) is 4.79 Å². The normalized spacial score (nSPS) is 20.6. The third-order valence-electron chi connectivity index (χ3n) is 4.90. The molecule has 1 fully saturated rings. The van der Waals surface area contributed by atoms with Crippen molar-refractivity contribution in [1.29, 1.82) is 0 Å². The molecule has 0 heterocycles. The van der Waals surface area contributed by atoms with Crippen LogP contribution >= 0.6 is 0 Å². The minimum Gasteiger partial charge on any atom is -0.459 e. The number of rotatable bonds is 10. The SMILES string of the molecule is CC(=CC=CC(C)=CC(O)C(O)CC(C)O)C=C(C)C=CC(=O)OC1CCCCC1. The molecule has 30 heavy (non-hydrogen) atoms. The van der Waals surface area contributed by atoms with E-state index in [-0.39, 0.29) is 18.5 Å². The molecule has 3 unspecified atom stereocenters. The van der Waals surface area contributed by atoms with Gasteiger partial charge in [0, 0.05) is 12.5 Å². The number of aliphatic hydroxyl groups excluding tert-OH is 3. The number of hydrogen-bond donors (Lipinski definition) is 3. The lowest BCUT2D eigenvalue weighted by Gasteiger charge is -2.20. The Morgan fingerprint density at radius 3 is 2.27 bits per heavy atom. The number of carbonyl (C=O) groups is 1. The van der Waals surface area contributed by atoms with Gasteiger partial charge in [0.2, 0.25) is 0 Å². The summed E-state index contributed by atoms with van der Waals surface area (Å²) in [5, 5.41) is 29.0. The van der Waals surface area contributed by atoms with E-state index >= 15 is 0 Å². The lowest BCUT2D eigenvalue weighted by atomic mass is 9.98. The van der Waals surface area contributed by atoms with E-state index in [4.69, 9.17) is 4.74 Å². The number of hydrogen-bond acceptors (Lipinski definition) is 5. The van der Waals surface area contributed by atoms with Crippen LogP contribution in [0.2, 0.25) is 0 Å². The fourth-order valence-corrected chi connectivity index (χ4v) is 3.32. The van der Waals surface area contributed by atoms with E-state index in [1.807, 2.05) is 45.1 Å². The molecule has 0 spiro atoms. The van der Waals surface area contributed by atoms with E-state index in [1.165, 1.54) is 12.5 Å². The van der Waals surface area contributed by atoms with Crippen molar-refractivity contribution in [1.82, 2.24) is 0 Å². The monoisotopic (exact) mass is 418 g/mol. The van der Waals surface area contributed by atoms with Crippen LogP contribution < -0.4 is 0 Å². The maximum Gasteiger partial charge on any atom is 0.331 e. The van der Waals surface area contributed by atoms with Crippen molar-refractivity contribution in [2.45, 2.75) is 90.6 Å². The summed E-state index contributed by atoms with van der Waals surface area (Å²) >= 11 is 0. The summed E-state index contributed by atoms with van der Waals surface area (Å²) in [6, 6.07) is 0. The van der Waals surface area contributed by atoms with Crippen molar-refractivity contribution >= 4 is 5.97 Å². The quantitative estimate of drug-likeness (QED) is 0.280. The molecule has 168 valence electrons. The number of allylic oxidation sites excluding steroid dienone is 8. The molecule has 1 rings (SSSR count). The highest BCUT2D eigenvalue weighted by Gasteiger charge is 2.16. The molecule has 5 heteroatoms. The molecule has 3 N–H and O–H groups in total. The summed E-state index contributed by atoms with van der Waals surface area (Å²) in [7, 11) is 0. The number of esters is 1. The Morgan fingerprint density at radius 1 is 0.967 bits per heavy atom. The van der Waals surface area contributed by atoms with Crippen molar-refractivity contribution < 1.29 is 24.9 Å². The van der Waals surface area contributed by atoms with Crippen molar-refractivity contribution in [2.24, 2.45) is 0 Å². The van der Waals surface area contributed by atoms with Gasteiger partial charge in [0.15, 0.2) is 0 Å². The third-order valence-corrected chi connectivity index (χ3v) is 4.90. The molecule has 0 radical (unpaired) electrons. The Balaban J connectivity index is 2.53. The zero-order chi connectivity index (χ0) is 22.5. The molecular formula is C25H38O5. The van der Waals surface area contributed by atoms with Crippen molar-refractivity contribution in [3.63, 3.8) is 0 Å². The minimum atomic E-state index is -1.02. The van der Waals surface area contributed by atoms with Gasteiger partial charge in [-0.1, -0.05) is 59.6 Å². The molecule has 0 saturated heterocycles. The van der Waals surface area contributed by atoms with Crippen LogP contribution in [0.5, 0.6) is 0 Å². The van der Waals surface area contributed by atoms with Crippen LogP contribution in [0.3, 0.4) is 0 Å². The summed E-state index contributed by atoms with van der Waals surface area (Å²) in [4.78, 5) is 11.9. The summed E-state index contributed by atoms with van der Waals surface area (Å²) in [6.07, 6.45) is 15.3. The predicted octanol–water partition coefficient (Wildman–Crippen LogP) is 4.31. The largest absolute Gasteiger partial charge is 0.459 e. The van der Waals surface area contributed by atoms with Crippen LogP contribution in [0.25, 0.3) is 0 Å². The van der Waals surface area contributed by atoms with Gasteiger partial charge in [-0.2, -0.15) is 0 Å². The summed E-state index contributed by atoms with van der Waals surface area (Å²) in [6.45, 7) is 7.29. The molecule has 1 aliphatic rings. The van der Waals surface area contributed by atoms with E-state index in [1.54, 1.807) is 19.1 Å². The van der Waals surface area contributed by atoms with Crippen LogP contribution in [0.15, 0.2) is 59.3 Å². The first-order chi connectivity index (χ1) is 14.2. The van der Waals surface area contributed by atoms with Crippen LogP contribution in [0.1, 0.15) is 66.2 Å². The summed E-state index contributed by atoms with van der Waals surface area (Å²) in [5.41, 5.74) is 2.76. The van der Waals surface area contributed by atoms with Crippen molar-refractivity contribution in [3.8, 4) is 0 Å². The Hall–Kier alpha value is -1.95. The average Bonchev–Trinajstić information content (AvgIpc) is 2.66. The van der Waals surface area contributed by atoms with Crippen molar-refractivity contribution in [3.05, 3.63) is 59.3 Å². The second kappa shape index (κ2) is 14.1. The van der Waals surface area contributed by atoms with Gasteiger partial charge in [0.05, 0.1) is 18.3 Å². The van der Waals surface area contributed by atoms with E-state index in [0.717, 1.165) is 42.4 Å². The van der Waals surface area contributed by atoms with Gasteiger partial charge >= 0.3 is 5.97 Å². The zero-order valence-corrected chi connectivity index (χ0v) is 18.8. The Morgan fingerprint density at radius 2 is 1.63 bits per heavy atom. The number of ether oxygens (including phenoxy) is 1. The van der Waals surface area contributed by atoms with E-state index in [9.17, 15) is 20.1 Å². The maximum atomic E-state index is 11.9. The van der Waals surface area contributed by atoms with Crippen LogP contribution in [0, 0.1) is 0 Å². The maximum absolute atomic E-state index is 11.9. The highest BCUT2D eigenvalue weighted by atomic mass is 16.5. The van der Waals surface area contributed by atoms with Gasteiger partial charge < -0.3 is 20.1 Å². The highest BCUT2D eigenvalue weighted by Crippen LogP contribution is 2.20. The third kappa shape index (κ3) is 11.9. The fourth-order valence-electron chi connectivity index (χ4n) is 3.32. The molecule has 1 aliphatic carbocycles. The first kappa shape index (κ1) is 26.1. The van der Waals surface area contributed by atoms with Gasteiger partial charge in [-0.05, 0) is 53.4 Å². The fraction of sp³-hybridized carbons (Fsp3) is 0.560. The van der Waals surface area contributed by atoms with Gasteiger partial charge in [-0.3, -0.25) is 0 Å². The van der Waals surface area contributed by atoms with Crippen molar-refractivity contribution in [2.75, 3.05) is 0 Å². The molecule has 0 amide bonds. The lowest BCUT2D eigenvalue weighted by Crippen LogP contribution is -2.27. The summed E-state index contributed by atoms with van der Waals surface area (Å²) < 4.78 is 5.47. The number of carbonyl (C=O) groups excluding carboxylic acids is 1. The second-order valence-corrected chi connectivity index (χ2v) is 8.24. The molecule has 5 nitrogen and oxygen atoms in total. The molecule has 0 aromatic carbocycles. The van der Waals surface area contributed by atoms with Crippen LogP contribution in [-0.4, -0.2) is 45.7 Å². The average molecular weight is 419 g/mol. The van der Waals surface area contributed by atoms with Gasteiger partial charge in [-0.15, -0.1) is 0 Å². The van der Waals surface area contributed by atoms with E-state index < -0.39 is 18.3 Å². The smallest absolute Gasteiger partial charge is 0.331 e. The molecule has 0 bridgehead atoms. The standard InChI is InChI=1S/C25H38O5/c1-18(9-8-10-19(2)16-23(27)24(28)17-21(4)26)15-20(3)13-14-25(29)30-22-11-6-5-7-12-22/h8-10,13-16,21-24,26-28H,5-7,11-12,17H2,1-4H3. The van der Waals surface area contributed by atoms with Gasteiger partial charge in [0.25, 0.3) is 0 Å². The first-order valence-corrected chi connectivity index (χ1v) is 10.8. The Bertz CT molecular complexity index is 676.